The van der Waals surface area contributed by atoms with Crippen molar-refractivity contribution in [2.45, 2.75) is 32.0 Å². The normalized spacial score (nSPS) is 16.8. The number of aliphatic hydroxyl groups is 1. The lowest BCUT2D eigenvalue weighted by Gasteiger charge is -2.25. The van der Waals surface area contributed by atoms with Crippen LogP contribution >= 0.6 is 27.7 Å². The van der Waals surface area contributed by atoms with Crippen LogP contribution in [0.1, 0.15) is 13.8 Å². The lowest BCUT2D eigenvalue weighted by molar-refractivity contribution is 0.0812. The number of hydrogen-bond acceptors (Lipinski definition) is 4. The van der Waals surface area contributed by atoms with E-state index in [9.17, 15) is 5.11 Å². The Morgan fingerprint density at radius 3 is 2.94 bits per heavy atom. The summed E-state index contributed by atoms with van der Waals surface area (Å²) in [6.07, 6.45) is 5.72. The molecule has 6 heteroatoms. The van der Waals surface area contributed by atoms with Gasteiger partial charge in [-0.15, -0.1) is 0 Å². The molecule has 2 N–H and O–H groups in total. The van der Waals surface area contributed by atoms with Gasteiger partial charge in [0, 0.05) is 24.5 Å². The zero-order valence-electron chi connectivity index (χ0n) is 10.5. The highest BCUT2D eigenvalue weighted by Crippen LogP contribution is 2.10. The van der Waals surface area contributed by atoms with E-state index < -0.39 is 5.60 Å². The molecule has 0 spiro atoms. The summed E-state index contributed by atoms with van der Waals surface area (Å²) in [7, 11) is 0. The van der Waals surface area contributed by atoms with Crippen LogP contribution in [0.2, 0.25) is 0 Å². The molecule has 0 amide bonds. The number of rotatable bonds is 7. The van der Waals surface area contributed by atoms with Gasteiger partial charge in [0.15, 0.2) is 0 Å². The number of hydrogen-bond donors (Lipinski definition) is 2. The first-order valence-corrected chi connectivity index (χ1v) is 7.74. The van der Waals surface area contributed by atoms with Gasteiger partial charge in [0.05, 0.1) is 22.8 Å². The molecular formula is C11H20BrN3OS. The average molecular weight is 322 g/mol. The second-order valence-corrected chi connectivity index (χ2v) is 6.37. The second-order valence-electron chi connectivity index (χ2n) is 4.59. The molecule has 1 aromatic rings. The minimum Gasteiger partial charge on any atom is -0.388 e. The Kier molecular flexibility index (Phi) is 5.99. The average Bonchev–Trinajstić information content (AvgIpc) is 2.61. The molecule has 1 heterocycles. The van der Waals surface area contributed by atoms with E-state index in [0.717, 1.165) is 16.8 Å². The van der Waals surface area contributed by atoms with Gasteiger partial charge in [-0.2, -0.15) is 16.9 Å². The molecule has 98 valence electrons. The van der Waals surface area contributed by atoms with Gasteiger partial charge < -0.3 is 10.4 Å². The van der Waals surface area contributed by atoms with Crippen LogP contribution in [0, 0.1) is 0 Å². The van der Waals surface area contributed by atoms with Crippen LogP contribution < -0.4 is 5.32 Å². The van der Waals surface area contributed by atoms with Crippen molar-refractivity contribution in [2.75, 3.05) is 18.6 Å². The maximum Gasteiger partial charge on any atom is 0.0833 e. The molecule has 0 saturated heterocycles. The maximum absolute atomic E-state index is 10.0. The third-order valence-corrected chi connectivity index (χ3v) is 3.67. The zero-order chi connectivity index (χ0) is 12.9. The van der Waals surface area contributed by atoms with E-state index in [1.165, 1.54) is 0 Å². The SMILES string of the molecule is CSC[C@@](C)(O)CN[C@H](C)Cn1cc(Br)cn1. The van der Waals surface area contributed by atoms with Gasteiger partial charge in [0.25, 0.3) is 0 Å². The molecule has 0 saturated carbocycles. The number of nitrogens with one attached hydrogen (secondary N) is 1. The van der Waals surface area contributed by atoms with Gasteiger partial charge in [-0.1, -0.05) is 0 Å². The lowest BCUT2D eigenvalue weighted by Crippen LogP contribution is -2.44. The third-order valence-electron chi connectivity index (χ3n) is 2.35. The number of halogens is 1. The van der Waals surface area contributed by atoms with Crippen molar-refractivity contribution in [3.8, 4) is 0 Å². The minimum absolute atomic E-state index is 0.273. The largest absolute Gasteiger partial charge is 0.388 e. The van der Waals surface area contributed by atoms with Crippen LogP contribution in [0.25, 0.3) is 0 Å². The van der Waals surface area contributed by atoms with E-state index in [4.69, 9.17) is 0 Å². The van der Waals surface area contributed by atoms with Gasteiger partial charge in [-0.25, -0.2) is 0 Å². The van der Waals surface area contributed by atoms with Crippen molar-refractivity contribution in [3.63, 3.8) is 0 Å². The minimum atomic E-state index is -0.654. The summed E-state index contributed by atoms with van der Waals surface area (Å²) in [4.78, 5) is 0. The molecule has 0 aromatic carbocycles. The number of aromatic nitrogens is 2. The van der Waals surface area contributed by atoms with Crippen molar-refractivity contribution < 1.29 is 5.11 Å². The third kappa shape index (κ3) is 5.90. The van der Waals surface area contributed by atoms with Crippen LogP contribution in [0.15, 0.2) is 16.9 Å². The Balaban J connectivity index is 2.32. The fourth-order valence-electron chi connectivity index (χ4n) is 1.54. The Morgan fingerprint density at radius 2 is 2.41 bits per heavy atom. The quantitative estimate of drug-likeness (QED) is 0.803. The molecule has 0 unspecified atom stereocenters. The van der Waals surface area contributed by atoms with E-state index in [-0.39, 0.29) is 6.04 Å². The summed E-state index contributed by atoms with van der Waals surface area (Å²) >= 11 is 5.02. The highest BCUT2D eigenvalue weighted by molar-refractivity contribution is 9.10. The first-order valence-electron chi connectivity index (χ1n) is 5.55. The van der Waals surface area contributed by atoms with Gasteiger partial charge in [-0.05, 0) is 36.0 Å². The first-order chi connectivity index (χ1) is 7.93. The van der Waals surface area contributed by atoms with E-state index in [0.29, 0.717) is 6.54 Å². The topological polar surface area (TPSA) is 50.1 Å². The predicted octanol–water partition coefficient (Wildman–Crippen LogP) is 1.74. The molecule has 0 fully saturated rings. The molecule has 2 atom stereocenters. The molecule has 0 aliphatic rings. The first kappa shape index (κ1) is 15.0. The maximum atomic E-state index is 10.0. The van der Waals surface area contributed by atoms with Crippen molar-refractivity contribution in [1.29, 1.82) is 0 Å². The van der Waals surface area contributed by atoms with Gasteiger partial charge >= 0.3 is 0 Å². The fourth-order valence-corrected chi connectivity index (χ4v) is 2.59. The van der Waals surface area contributed by atoms with Crippen LogP contribution in [-0.2, 0) is 6.54 Å². The molecular weight excluding hydrogens is 302 g/mol. The summed E-state index contributed by atoms with van der Waals surface area (Å²) in [5.41, 5.74) is -0.654. The smallest absolute Gasteiger partial charge is 0.0833 e. The van der Waals surface area contributed by atoms with Crippen LogP contribution in [-0.4, -0.2) is 45.1 Å². The van der Waals surface area contributed by atoms with Crippen LogP contribution in [0.3, 0.4) is 0 Å². The molecule has 4 nitrogen and oxygen atoms in total. The van der Waals surface area contributed by atoms with Gasteiger partial charge in [0.2, 0.25) is 0 Å². The van der Waals surface area contributed by atoms with Gasteiger partial charge in [0.1, 0.15) is 0 Å². The molecule has 17 heavy (non-hydrogen) atoms. The summed E-state index contributed by atoms with van der Waals surface area (Å²) in [5, 5.41) is 17.5. The monoisotopic (exact) mass is 321 g/mol. The summed E-state index contributed by atoms with van der Waals surface area (Å²) in [5.74, 6) is 0.736. The van der Waals surface area contributed by atoms with Crippen LogP contribution in [0.5, 0.6) is 0 Å². The Hall–Kier alpha value is -0.0400. The zero-order valence-corrected chi connectivity index (χ0v) is 12.9. The molecule has 1 rings (SSSR count). The Bertz CT molecular complexity index is 343. The van der Waals surface area contributed by atoms with Crippen molar-refractivity contribution in [2.24, 2.45) is 0 Å². The lowest BCUT2D eigenvalue weighted by atomic mass is 10.1. The highest BCUT2D eigenvalue weighted by atomic mass is 79.9. The van der Waals surface area contributed by atoms with Gasteiger partial charge in [-0.3, -0.25) is 4.68 Å². The van der Waals surface area contributed by atoms with E-state index >= 15 is 0 Å². The standard InChI is InChI=1S/C11H20BrN3OS/c1-9(5-15-6-10(12)4-14-15)13-7-11(2,16)8-17-3/h4,6,9,13,16H,5,7-8H2,1-3H3/t9-,11+/m1/s1. The molecule has 0 aliphatic carbocycles. The van der Waals surface area contributed by atoms with E-state index in [1.807, 2.05) is 24.1 Å². The Labute approximate surface area is 115 Å². The fraction of sp³-hybridized carbons (Fsp3) is 0.727. The molecule has 0 aliphatic heterocycles. The predicted molar refractivity (Wildman–Crippen MR) is 76.4 cm³/mol. The molecule has 0 bridgehead atoms. The van der Waals surface area contributed by atoms with Crippen LogP contribution in [0.4, 0.5) is 0 Å². The van der Waals surface area contributed by atoms with Crippen molar-refractivity contribution in [3.05, 3.63) is 16.9 Å². The highest BCUT2D eigenvalue weighted by Gasteiger charge is 2.20. The summed E-state index contributed by atoms with van der Waals surface area (Å²) in [6, 6.07) is 0.273. The van der Waals surface area contributed by atoms with E-state index in [2.05, 4.69) is 33.3 Å². The summed E-state index contributed by atoms with van der Waals surface area (Å²) < 4.78 is 2.87. The van der Waals surface area contributed by atoms with Crippen molar-refractivity contribution in [1.82, 2.24) is 15.1 Å². The van der Waals surface area contributed by atoms with E-state index in [1.54, 1.807) is 18.0 Å². The molecule has 0 radical (unpaired) electrons. The second kappa shape index (κ2) is 6.78. The number of nitrogens with zero attached hydrogens (tertiary/aromatic N) is 2. The van der Waals surface area contributed by atoms with Crippen molar-refractivity contribution >= 4 is 27.7 Å². The Morgan fingerprint density at radius 1 is 1.71 bits per heavy atom. The summed E-state index contributed by atoms with van der Waals surface area (Å²) in [6.45, 7) is 5.33. The molecule has 1 aromatic heterocycles. The number of thioether (sulfide) groups is 1.